The van der Waals surface area contributed by atoms with E-state index in [-0.39, 0.29) is 22.8 Å². The van der Waals surface area contributed by atoms with Gasteiger partial charge in [0, 0.05) is 35.3 Å². The molecule has 0 spiro atoms. The van der Waals surface area contributed by atoms with Crippen LogP contribution < -0.4 is 10.6 Å². The van der Waals surface area contributed by atoms with Crippen molar-refractivity contribution in [3.8, 4) is 0 Å². The number of amides is 2. The number of benzene rings is 2. The van der Waals surface area contributed by atoms with Crippen LogP contribution in [0.15, 0.2) is 53.4 Å². The van der Waals surface area contributed by atoms with Gasteiger partial charge in [-0.25, -0.2) is 0 Å². The molecular weight excluding hydrogens is 342 g/mol. The standard InChI is InChI=1S/C17H17N3O4S/c1-11(25-16-9-5-13(6-10-16)18-12(2)21)17(22)19-14-3-7-15(8-4-14)20(23)24/h3-11H,1-2H3,(H,18,21)(H,19,22). The Morgan fingerprint density at radius 1 is 1.00 bits per heavy atom. The zero-order chi connectivity index (χ0) is 18.4. The molecule has 1 unspecified atom stereocenters. The summed E-state index contributed by atoms with van der Waals surface area (Å²) < 4.78 is 0. The summed E-state index contributed by atoms with van der Waals surface area (Å²) >= 11 is 1.37. The molecule has 0 aliphatic rings. The van der Waals surface area contributed by atoms with Crippen molar-refractivity contribution < 1.29 is 14.5 Å². The smallest absolute Gasteiger partial charge is 0.269 e. The van der Waals surface area contributed by atoms with Crippen LogP contribution in [0, 0.1) is 10.1 Å². The Morgan fingerprint density at radius 2 is 1.52 bits per heavy atom. The molecule has 2 aromatic carbocycles. The van der Waals surface area contributed by atoms with Crippen molar-refractivity contribution in [2.24, 2.45) is 0 Å². The molecular formula is C17H17N3O4S. The Labute approximate surface area is 149 Å². The first kappa shape index (κ1) is 18.5. The maximum atomic E-state index is 12.2. The highest BCUT2D eigenvalue weighted by Crippen LogP contribution is 2.26. The third-order valence-corrected chi connectivity index (χ3v) is 4.31. The highest BCUT2D eigenvalue weighted by molar-refractivity contribution is 8.00. The van der Waals surface area contributed by atoms with Crippen LogP contribution in [-0.4, -0.2) is 22.0 Å². The number of thioether (sulfide) groups is 1. The Hall–Kier alpha value is -2.87. The Morgan fingerprint density at radius 3 is 2.04 bits per heavy atom. The normalized spacial score (nSPS) is 11.4. The SMILES string of the molecule is CC(=O)Nc1ccc(SC(C)C(=O)Nc2ccc([N+](=O)[O-])cc2)cc1. The highest BCUT2D eigenvalue weighted by Gasteiger charge is 2.15. The minimum absolute atomic E-state index is 0.0281. The number of hydrogen-bond donors (Lipinski definition) is 2. The van der Waals surface area contributed by atoms with Gasteiger partial charge in [0.15, 0.2) is 0 Å². The summed E-state index contributed by atoms with van der Waals surface area (Å²) in [4.78, 5) is 34.2. The van der Waals surface area contributed by atoms with Gasteiger partial charge in [-0.2, -0.15) is 0 Å². The molecule has 2 N–H and O–H groups in total. The fourth-order valence-electron chi connectivity index (χ4n) is 1.99. The molecule has 0 aliphatic heterocycles. The van der Waals surface area contributed by atoms with Crippen LogP contribution in [-0.2, 0) is 9.59 Å². The number of nitro benzene ring substituents is 1. The molecule has 7 nitrogen and oxygen atoms in total. The van der Waals surface area contributed by atoms with E-state index in [1.807, 2.05) is 12.1 Å². The molecule has 0 radical (unpaired) electrons. The molecule has 25 heavy (non-hydrogen) atoms. The third-order valence-electron chi connectivity index (χ3n) is 3.20. The number of nitro groups is 1. The van der Waals surface area contributed by atoms with Crippen molar-refractivity contribution in [3.05, 3.63) is 58.6 Å². The number of nitrogens with zero attached hydrogens (tertiary/aromatic N) is 1. The summed E-state index contributed by atoms with van der Waals surface area (Å²) in [5, 5.41) is 15.7. The van der Waals surface area contributed by atoms with Gasteiger partial charge in [0.05, 0.1) is 10.2 Å². The summed E-state index contributed by atoms with van der Waals surface area (Å²) in [5.41, 5.74) is 1.17. The number of non-ortho nitro benzene ring substituents is 1. The van der Waals surface area contributed by atoms with E-state index >= 15 is 0 Å². The summed E-state index contributed by atoms with van der Waals surface area (Å²) in [7, 11) is 0. The van der Waals surface area contributed by atoms with Crippen molar-refractivity contribution >= 4 is 40.6 Å². The van der Waals surface area contributed by atoms with Crippen LogP contribution in [0.2, 0.25) is 0 Å². The van der Waals surface area contributed by atoms with E-state index in [1.165, 1.54) is 43.0 Å². The van der Waals surface area contributed by atoms with Crippen LogP contribution in [0.3, 0.4) is 0 Å². The Kier molecular flexibility index (Phi) is 6.13. The minimum atomic E-state index is -0.491. The second-order valence-electron chi connectivity index (χ2n) is 5.26. The first-order chi connectivity index (χ1) is 11.8. The number of carbonyl (C=O) groups excluding carboxylic acids is 2. The van der Waals surface area contributed by atoms with Crippen LogP contribution in [0.25, 0.3) is 0 Å². The van der Waals surface area contributed by atoms with E-state index in [0.717, 1.165) is 4.90 Å². The van der Waals surface area contributed by atoms with Crippen molar-refractivity contribution in [3.63, 3.8) is 0 Å². The van der Waals surface area contributed by atoms with E-state index in [9.17, 15) is 19.7 Å². The molecule has 0 saturated heterocycles. The maximum Gasteiger partial charge on any atom is 0.269 e. The zero-order valence-electron chi connectivity index (χ0n) is 13.7. The molecule has 0 aliphatic carbocycles. The lowest BCUT2D eigenvalue weighted by Gasteiger charge is -2.12. The van der Waals surface area contributed by atoms with Gasteiger partial charge in [-0.05, 0) is 43.3 Å². The maximum absolute atomic E-state index is 12.2. The van der Waals surface area contributed by atoms with E-state index < -0.39 is 4.92 Å². The molecule has 2 aromatic rings. The van der Waals surface area contributed by atoms with E-state index in [4.69, 9.17) is 0 Å². The van der Waals surface area contributed by atoms with Gasteiger partial charge in [-0.3, -0.25) is 19.7 Å². The Balaban J connectivity index is 1.93. The van der Waals surface area contributed by atoms with Crippen molar-refractivity contribution in [1.82, 2.24) is 0 Å². The van der Waals surface area contributed by atoms with Gasteiger partial charge in [0.1, 0.15) is 0 Å². The predicted molar refractivity (Wildman–Crippen MR) is 97.8 cm³/mol. The average molecular weight is 359 g/mol. The fraction of sp³-hybridized carbons (Fsp3) is 0.176. The number of nitrogens with one attached hydrogen (secondary N) is 2. The summed E-state index contributed by atoms with van der Waals surface area (Å²) in [5.74, 6) is -0.346. The molecule has 2 amide bonds. The van der Waals surface area contributed by atoms with Crippen molar-refractivity contribution in [2.75, 3.05) is 10.6 Å². The number of rotatable bonds is 6. The molecule has 0 aromatic heterocycles. The molecule has 130 valence electrons. The lowest BCUT2D eigenvalue weighted by molar-refractivity contribution is -0.384. The van der Waals surface area contributed by atoms with Gasteiger partial charge in [0.2, 0.25) is 11.8 Å². The van der Waals surface area contributed by atoms with Gasteiger partial charge in [-0.15, -0.1) is 11.8 Å². The summed E-state index contributed by atoms with van der Waals surface area (Å²) in [6.45, 7) is 3.21. The number of carbonyl (C=O) groups is 2. The van der Waals surface area contributed by atoms with E-state index in [2.05, 4.69) is 10.6 Å². The summed E-state index contributed by atoms with van der Waals surface area (Å²) in [6, 6.07) is 12.9. The second-order valence-corrected chi connectivity index (χ2v) is 6.67. The molecule has 2 rings (SSSR count). The molecule has 1 atom stereocenters. The van der Waals surface area contributed by atoms with Crippen LogP contribution in [0.5, 0.6) is 0 Å². The molecule has 0 heterocycles. The first-order valence-electron chi connectivity index (χ1n) is 7.45. The van der Waals surface area contributed by atoms with Gasteiger partial charge in [-0.1, -0.05) is 0 Å². The van der Waals surface area contributed by atoms with E-state index in [0.29, 0.717) is 11.4 Å². The van der Waals surface area contributed by atoms with Crippen LogP contribution in [0.4, 0.5) is 17.1 Å². The number of anilines is 2. The van der Waals surface area contributed by atoms with Crippen molar-refractivity contribution in [1.29, 1.82) is 0 Å². The largest absolute Gasteiger partial charge is 0.326 e. The van der Waals surface area contributed by atoms with Gasteiger partial charge < -0.3 is 10.6 Å². The van der Waals surface area contributed by atoms with Gasteiger partial charge >= 0.3 is 0 Å². The molecule has 0 bridgehead atoms. The fourth-order valence-corrected chi connectivity index (χ4v) is 2.86. The number of hydrogen-bond acceptors (Lipinski definition) is 5. The van der Waals surface area contributed by atoms with Crippen LogP contribution in [0.1, 0.15) is 13.8 Å². The zero-order valence-corrected chi connectivity index (χ0v) is 14.5. The quantitative estimate of drug-likeness (QED) is 0.465. The minimum Gasteiger partial charge on any atom is -0.326 e. The average Bonchev–Trinajstić information content (AvgIpc) is 2.56. The Bertz CT molecular complexity index is 775. The highest BCUT2D eigenvalue weighted by atomic mass is 32.2. The lowest BCUT2D eigenvalue weighted by Crippen LogP contribution is -2.22. The van der Waals surface area contributed by atoms with Crippen molar-refractivity contribution in [2.45, 2.75) is 24.0 Å². The molecule has 0 fully saturated rings. The first-order valence-corrected chi connectivity index (χ1v) is 8.33. The summed E-state index contributed by atoms with van der Waals surface area (Å²) in [6.07, 6.45) is 0. The van der Waals surface area contributed by atoms with E-state index in [1.54, 1.807) is 19.1 Å². The lowest BCUT2D eigenvalue weighted by atomic mass is 10.3. The van der Waals surface area contributed by atoms with Gasteiger partial charge in [0.25, 0.3) is 5.69 Å². The monoisotopic (exact) mass is 359 g/mol. The third kappa shape index (κ3) is 5.61. The second kappa shape index (κ2) is 8.29. The molecule has 8 heteroatoms. The molecule has 0 saturated carbocycles. The topological polar surface area (TPSA) is 101 Å². The predicted octanol–water partition coefficient (Wildman–Crippen LogP) is 3.67. The van der Waals surface area contributed by atoms with Crippen LogP contribution >= 0.6 is 11.8 Å².